The maximum absolute atomic E-state index is 4.00. The van der Waals surface area contributed by atoms with Gasteiger partial charge >= 0.3 is 0 Å². The second kappa shape index (κ2) is 10.7. The third kappa shape index (κ3) is 7.03. The smallest absolute Gasteiger partial charge is 0.204 e. The summed E-state index contributed by atoms with van der Waals surface area (Å²) in [5.41, 5.74) is 2.36. The van der Waals surface area contributed by atoms with Crippen LogP contribution < -0.4 is 5.32 Å². The van der Waals surface area contributed by atoms with Crippen LogP contribution in [-0.2, 0) is 0 Å². The van der Waals surface area contributed by atoms with E-state index in [1.54, 1.807) is 12.4 Å². The van der Waals surface area contributed by atoms with Gasteiger partial charge < -0.3 is 15.2 Å². The summed E-state index contributed by atoms with van der Waals surface area (Å²) in [7, 11) is 2.19. The van der Waals surface area contributed by atoms with Gasteiger partial charge in [-0.1, -0.05) is 34.6 Å². The van der Waals surface area contributed by atoms with Crippen LogP contribution in [0.15, 0.2) is 53.4 Å². The number of aromatic amines is 1. The van der Waals surface area contributed by atoms with Crippen molar-refractivity contribution >= 4 is 21.9 Å². The quantitative estimate of drug-likeness (QED) is 0.762. The van der Waals surface area contributed by atoms with Crippen LogP contribution in [0.4, 0.5) is 5.95 Å². The molecule has 0 spiro atoms. The molecular formula is C19H25BrN4. The number of halogens is 1. The summed E-state index contributed by atoms with van der Waals surface area (Å²) in [6, 6.07) is 8.73. The minimum Gasteiger partial charge on any atom is -0.331 e. The van der Waals surface area contributed by atoms with Gasteiger partial charge in [-0.25, -0.2) is 4.98 Å². The van der Waals surface area contributed by atoms with Crippen molar-refractivity contribution in [3.05, 3.63) is 59.0 Å². The van der Waals surface area contributed by atoms with Crippen LogP contribution in [0.2, 0.25) is 0 Å². The second-order valence-electron chi connectivity index (χ2n) is 5.64. The topological polar surface area (TPSA) is 44.0 Å². The lowest BCUT2D eigenvalue weighted by atomic mass is 9.99. The largest absolute Gasteiger partial charge is 0.331 e. The van der Waals surface area contributed by atoms with E-state index in [4.69, 9.17) is 0 Å². The zero-order valence-electron chi connectivity index (χ0n) is 14.3. The zero-order valence-corrected chi connectivity index (χ0v) is 15.9. The number of nitrogens with zero attached hydrogens (tertiary/aromatic N) is 2. The maximum Gasteiger partial charge on any atom is 0.204 e. The molecule has 1 atom stereocenters. The number of benzene rings is 1. The number of aromatic nitrogens is 2. The average molecular weight is 389 g/mol. The van der Waals surface area contributed by atoms with Crippen LogP contribution in [0.25, 0.3) is 0 Å². The first-order chi connectivity index (χ1) is 11.5. The molecule has 1 aromatic heterocycles. The lowest BCUT2D eigenvalue weighted by Gasteiger charge is -2.10. The van der Waals surface area contributed by atoms with E-state index in [0.29, 0.717) is 0 Å². The Bertz CT molecular complexity index is 617. The molecule has 1 aliphatic rings. The fraction of sp³-hybridized carbons (Fsp3) is 0.316. The Morgan fingerprint density at radius 3 is 2.50 bits per heavy atom. The van der Waals surface area contributed by atoms with Crippen LogP contribution in [0.5, 0.6) is 0 Å². The Morgan fingerprint density at radius 2 is 2.04 bits per heavy atom. The first-order valence-corrected chi connectivity index (χ1v) is 8.53. The van der Waals surface area contributed by atoms with Crippen LogP contribution in [-0.4, -0.2) is 35.0 Å². The predicted molar refractivity (Wildman–Crippen MR) is 106 cm³/mol. The van der Waals surface area contributed by atoms with E-state index < -0.39 is 0 Å². The van der Waals surface area contributed by atoms with Gasteiger partial charge in [0.2, 0.25) is 5.95 Å². The maximum atomic E-state index is 4.00. The average Bonchev–Trinajstić information content (AvgIpc) is 3.22. The van der Waals surface area contributed by atoms with Crippen molar-refractivity contribution in [2.24, 2.45) is 0 Å². The zero-order chi connectivity index (χ0) is 17.9. The molecule has 1 aliphatic heterocycles. The molecule has 1 saturated heterocycles. The summed E-state index contributed by atoms with van der Waals surface area (Å²) in [5, 5.41) is 2.92. The van der Waals surface area contributed by atoms with E-state index in [0.717, 1.165) is 17.6 Å². The third-order valence-electron chi connectivity index (χ3n) is 3.56. The first-order valence-electron chi connectivity index (χ1n) is 7.74. The molecule has 2 aromatic rings. The number of likely N-dealkylation sites (tertiary alicyclic amines) is 1. The number of allylic oxidation sites excluding steroid dienone is 1. The summed E-state index contributed by atoms with van der Waals surface area (Å²) in [4.78, 5) is 9.21. The molecule has 3 rings (SSSR count). The summed E-state index contributed by atoms with van der Waals surface area (Å²) in [5.74, 6) is 1.49. The molecular weight excluding hydrogens is 364 g/mol. The molecule has 128 valence electrons. The van der Waals surface area contributed by atoms with E-state index >= 15 is 0 Å². The highest BCUT2D eigenvalue weighted by molar-refractivity contribution is 9.10. The molecule has 2 N–H and O–H groups in total. The van der Waals surface area contributed by atoms with Crippen molar-refractivity contribution in [1.82, 2.24) is 14.9 Å². The number of rotatable bonds is 3. The predicted octanol–water partition coefficient (Wildman–Crippen LogP) is 4.47. The minimum atomic E-state index is 0.738. The summed E-state index contributed by atoms with van der Waals surface area (Å²) in [6.45, 7) is 7.98. The van der Waals surface area contributed by atoms with Crippen LogP contribution in [0.3, 0.4) is 0 Å². The molecule has 4 nitrogen and oxygen atoms in total. The molecule has 0 unspecified atom stereocenters. The van der Waals surface area contributed by atoms with E-state index in [1.165, 1.54) is 29.5 Å². The highest BCUT2D eigenvalue weighted by atomic mass is 79.9. The molecule has 0 saturated carbocycles. The number of likely N-dealkylation sites (N-methyl/N-ethyl adjacent to an activating group) is 1. The molecule has 0 radical (unpaired) electrons. The Balaban J connectivity index is 0.000000230. The van der Waals surface area contributed by atoms with Crippen molar-refractivity contribution in [2.75, 3.05) is 25.5 Å². The van der Waals surface area contributed by atoms with Crippen molar-refractivity contribution in [3.63, 3.8) is 0 Å². The highest BCUT2D eigenvalue weighted by Crippen LogP contribution is 2.26. The van der Waals surface area contributed by atoms with Gasteiger partial charge in [-0.3, -0.25) is 0 Å². The van der Waals surface area contributed by atoms with Gasteiger partial charge in [-0.2, -0.15) is 0 Å². The van der Waals surface area contributed by atoms with Crippen LogP contribution in [0, 0.1) is 12.8 Å². The number of imidazole rings is 1. The molecule has 0 aliphatic carbocycles. The van der Waals surface area contributed by atoms with E-state index in [-0.39, 0.29) is 0 Å². The van der Waals surface area contributed by atoms with Gasteiger partial charge in [-0.15, -0.1) is 12.8 Å². The van der Waals surface area contributed by atoms with Crippen LogP contribution >= 0.6 is 15.9 Å². The minimum absolute atomic E-state index is 0.738. The lowest BCUT2D eigenvalue weighted by Crippen LogP contribution is -2.13. The highest BCUT2D eigenvalue weighted by Gasteiger charge is 2.20. The Hall–Kier alpha value is -2.03. The van der Waals surface area contributed by atoms with E-state index in [2.05, 4.69) is 86.9 Å². The monoisotopic (exact) mass is 388 g/mol. The fourth-order valence-corrected chi connectivity index (χ4v) is 2.74. The molecule has 0 amide bonds. The molecule has 1 fully saturated rings. The molecule has 1 aromatic carbocycles. The SMILES string of the molecule is C#C.C=C(C)Nc1ncc[nH]1.CN1CC[C@@H](c2ccc(Br)cc2)C1. The van der Waals surface area contributed by atoms with Gasteiger partial charge in [-0.05, 0) is 50.6 Å². The second-order valence-corrected chi connectivity index (χ2v) is 6.56. The lowest BCUT2D eigenvalue weighted by molar-refractivity contribution is 0.411. The Labute approximate surface area is 153 Å². The summed E-state index contributed by atoms with van der Waals surface area (Å²) >= 11 is 3.46. The van der Waals surface area contributed by atoms with Crippen molar-refractivity contribution in [2.45, 2.75) is 19.3 Å². The van der Waals surface area contributed by atoms with Crippen LogP contribution in [0.1, 0.15) is 24.8 Å². The molecule has 0 bridgehead atoms. The normalized spacial score (nSPS) is 16.3. The summed E-state index contributed by atoms with van der Waals surface area (Å²) in [6.07, 6.45) is 12.7. The number of H-pyrrole nitrogens is 1. The van der Waals surface area contributed by atoms with Gasteiger partial charge in [0, 0.05) is 29.1 Å². The number of terminal acetylenes is 1. The van der Waals surface area contributed by atoms with Gasteiger partial charge in [0.1, 0.15) is 0 Å². The summed E-state index contributed by atoms with van der Waals surface area (Å²) < 4.78 is 1.17. The number of hydrogen-bond donors (Lipinski definition) is 2. The fourth-order valence-electron chi connectivity index (χ4n) is 2.48. The number of hydrogen-bond acceptors (Lipinski definition) is 3. The molecule has 5 heteroatoms. The van der Waals surface area contributed by atoms with Crippen molar-refractivity contribution < 1.29 is 0 Å². The number of anilines is 1. The standard InChI is InChI=1S/C11H14BrN.C6H9N3.C2H2/c1-13-7-6-10(8-13)9-2-4-11(12)5-3-9;1-5(2)9-6-7-3-4-8-6;1-2/h2-5,10H,6-8H2,1H3;3-4H,1H2,2H3,(H2,7,8,9);1-2H/t10-;;/m1../s1. The number of nitrogens with one attached hydrogen (secondary N) is 2. The first kappa shape index (κ1) is 20.0. The van der Waals surface area contributed by atoms with Gasteiger partial charge in [0.15, 0.2) is 0 Å². The Morgan fingerprint density at radius 1 is 1.38 bits per heavy atom. The van der Waals surface area contributed by atoms with Gasteiger partial charge in [0.05, 0.1) is 0 Å². The molecule has 24 heavy (non-hydrogen) atoms. The van der Waals surface area contributed by atoms with E-state index in [9.17, 15) is 0 Å². The Kier molecular flexibility index (Phi) is 8.92. The van der Waals surface area contributed by atoms with Gasteiger partial charge in [0.25, 0.3) is 0 Å². The van der Waals surface area contributed by atoms with Crippen molar-refractivity contribution in [3.8, 4) is 12.8 Å². The molecule has 2 heterocycles. The van der Waals surface area contributed by atoms with Crippen molar-refractivity contribution in [1.29, 1.82) is 0 Å². The third-order valence-corrected chi connectivity index (χ3v) is 4.09. The van der Waals surface area contributed by atoms with E-state index in [1.807, 2.05) is 6.92 Å².